The lowest BCUT2D eigenvalue weighted by Gasteiger charge is -2.34. The number of alkyl halides is 22. The number of hydrogen-bond donors (Lipinski definition) is 0. The first-order chi connectivity index (χ1) is 18.1. The summed E-state index contributed by atoms with van der Waals surface area (Å²) in [6, 6.07) is 0. The fourth-order valence-electron chi connectivity index (χ4n) is 1.79. The second-order valence-electron chi connectivity index (χ2n) is 7.22. The topological polar surface area (TPSA) is 46.2 Å². The third-order valence-corrected chi connectivity index (χ3v) is 4.13. The van der Waals surface area contributed by atoms with Gasteiger partial charge in [0.25, 0.3) is 12.7 Å². The molecule has 0 spiro atoms. The minimum absolute atomic E-state index is 0.284. The Labute approximate surface area is 215 Å². The molecule has 0 aromatic carbocycles. The fourth-order valence-corrected chi connectivity index (χ4v) is 1.79. The maximum Gasteiger partial charge on any atom is 0.462 e. The quantitative estimate of drug-likeness (QED) is 0.163. The monoisotopic (exact) mass is 688 g/mol. The van der Waals surface area contributed by atoms with Gasteiger partial charge in [0.1, 0.15) is 6.10 Å². The van der Waals surface area contributed by atoms with Gasteiger partial charge in [-0.3, -0.25) is 9.47 Å². The van der Waals surface area contributed by atoms with Crippen LogP contribution in [0.1, 0.15) is 0 Å². The van der Waals surface area contributed by atoms with Crippen LogP contribution in [0.15, 0.2) is 0 Å². The predicted octanol–water partition coefficient (Wildman–Crippen LogP) is 7.06. The number of rotatable bonds is 16. The Balaban J connectivity index is 5.43. The van der Waals surface area contributed by atoms with Gasteiger partial charge in [0.15, 0.2) is 0 Å². The molecule has 0 aliphatic rings. The van der Waals surface area contributed by atoms with Gasteiger partial charge < -0.3 is 14.2 Å². The average Bonchev–Trinajstić information content (AvgIpc) is 2.76. The number of methoxy groups -OCH3 is 1. The molecule has 42 heavy (non-hydrogen) atoms. The minimum Gasteiger partial charge on any atom is -0.377 e. The van der Waals surface area contributed by atoms with Gasteiger partial charge >= 0.3 is 54.6 Å². The van der Waals surface area contributed by atoms with Crippen molar-refractivity contribution in [2.45, 2.75) is 73.4 Å². The van der Waals surface area contributed by atoms with Crippen LogP contribution in [-0.2, 0) is 23.7 Å². The molecule has 0 saturated heterocycles. The lowest BCUT2D eigenvalue weighted by molar-refractivity contribution is -0.476. The Morgan fingerprint density at radius 3 is 1.00 bits per heavy atom. The summed E-state index contributed by atoms with van der Waals surface area (Å²) in [7, 11) is 0.284. The van der Waals surface area contributed by atoms with E-state index >= 15 is 0 Å². The van der Waals surface area contributed by atoms with Gasteiger partial charge in [0.05, 0.1) is 13.2 Å². The highest BCUT2D eigenvalue weighted by atomic mass is 19.4. The largest absolute Gasteiger partial charge is 0.462 e. The minimum atomic E-state index is -7.75. The highest BCUT2D eigenvalue weighted by Gasteiger charge is 2.83. The molecule has 5 nitrogen and oxygen atoms in total. The molecule has 27 heteroatoms. The lowest BCUT2D eigenvalue weighted by atomic mass is 10.1. The molecule has 0 heterocycles. The Bertz CT molecular complexity index is 869. The zero-order valence-electron chi connectivity index (χ0n) is 19.0. The molecule has 0 radical (unpaired) electrons. The van der Waals surface area contributed by atoms with Crippen LogP contribution in [0.25, 0.3) is 0 Å². The van der Waals surface area contributed by atoms with Crippen LogP contribution >= 0.6 is 0 Å². The van der Waals surface area contributed by atoms with Crippen LogP contribution in [0.4, 0.5) is 96.6 Å². The van der Waals surface area contributed by atoms with Crippen molar-refractivity contribution in [3.8, 4) is 0 Å². The predicted molar refractivity (Wildman–Crippen MR) is 81.4 cm³/mol. The molecule has 0 N–H and O–H groups in total. The number of halogens is 22. The molecule has 0 rings (SSSR count). The van der Waals surface area contributed by atoms with Crippen LogP contribution in [0, 0.1) is 0 Å². The summed E-state index contributed by atoms with van der Waals surface area (Å²) in [5.74, 6) is -22.7. The molecule has 3 unspecified atom stereocenters. The van der Waals surface area contributed by atoms with Gasteiger partial charge in [-0.15, -0.1) is 0 Å². The summed E-state index contributed by atoms with van der Waals surface area (Å²) < 4.78 is 295. The molecular weight excluding hydrogens is 678 g/mol. The van der Waals surface area contributed by atoms with E-state index in [0.29, 0.717) is 0 Å². The van der Waals surface area contributed by atoms with Crippen molar-refractivity contribution in [2.24, 2.45) is 0 Å². The van der Waals surface area contributed by atoms with Crippen LogP contribution in [0.5, 0.6) is 0 Å². The van der Waals surface area contributed by atoms with Crippen molar-refractivity contribution in [2.75, 3.05) is 20.3 Å². The van der Waals surface area contributed by atoms with Crippen molar-refractivity contribution < 1.29 is 120 Å². The molecule has 0 fully saturated rings. The lowest BCUT2D eigenvalue weighted by Crippen LogP contribution is -2.62. The van der Waals surface area contributed by atoms with Crippen molar-refractivity contribution in [3.05, 3.63) is 0 Å². The maximum absolute atomic E-state index is 13.5. The molecule has 3 atom stereocenters. The molecular formula is C15H10F22O5. The summed E-state index contributed by atoms with van der Waals surface area (Å²) >= 11 is 0. The molecule has 0 aromatic rings. The summed E-state index contributed by atoms with van der Waals surface area (Å²) in [6.45, 7) is -4.40. The van der Waals surface area contributed by atoms with E-state index < -0.39 is 86.6 Å². The summed E-state index contributed by atoms with van der Waals surface area (Å²) in [5.41, 5.74) is 0. The first kappa shape index (κ1) is 40.3. The Kier molecular flexibility index (Phi) is 11.8. The van der Waals surface area contributed by atoms with Crippen LogP contribution in [0.3, 0.4) is 0 Å². The van der Waals surface area contributed by atoms with E-state index in [1.807, 2.05) is 4.74 Å². The van der Waals surface area contributed by atoms with Gasteiger partial charge in [0.2, 0.25) is 0 Å². The molecule has 0 aliphatic carbocycles. The molecule has 0 saturated carbocycles. The normalized spacial score (nSPS) is 17.8. The molecule has 254 valence electrons. The van der Waals surface area contributed by atoms with Crippen molar-refractivity contribution in [1.82, 2.24) is 0 Å². The van der Waals surface area contributed by atoms with E-state index in [0.717, 1.165) is 0 Å². The van der Waals surface area contributed by atoms with Crippen LogP contribution in [-0.4, -0.2) is 93.7 Å². The summed E-state index contributed by atoms with van der Waals surface area (Å²) in [4.78, 5) is 0. The average molecular weight is 688 g/mol. The first-order valence-electron chi connectivity index (χ1n) is 9.37. The van der Waals surface area contributed by atoms with Gasteiger partial charge in [-0.25, -0.2) is 8.78 Å². The Hall–Kier alpha value is -1.74. The molecule has 0 bridgehead atoms. The highest BCUT2D eigenvalue weighted by Crippen LogP contribution is 2.54. The zero-order chi connectivity index (χ0) is 34.2. The standard InChI is InChI=1S/C15H10F22O5/c1-38-4(3-40-8(20,21)6(17)42-15(36,37)11(26,27)13(31,32)33)2-39-7(18,19)5(16)41-14(34,35)10(24,25)9(22,23)12(28,29)30/h4-6H,2-3H2,1H3. The Morgan fingerprint density at radius 1 is 0.452 bits per heavy atom. The molecule has 0 aromatic heterocycles. The van der Waals surface area contributed by atoms with Crippen LogP contribution < -0.4 is 0 Å². The van der Waals surface area contributed by atoms with E-state index in [2.05, 4.69) is 18.9 Å². The van der Waals surface area contributed by atoms with E-state index in [1.54, 1.807) is 0 Å². The van der Waals surface area contributed by atoms with E-state index in [9.17, 15) is 96.6 Å². The molecule has 0 amide bonds. The van der Waals surface area contributed by atoms with E-state index in [4.69, 9.17) is 0 Å². The van der Waals surface area contributed by atoms with Gasteiger partial charge in [-0.1, -0.05) is 0 Å². The van der Waals surface area contributed by atoms with E-state index in [1.165, 1.54) is 0 Å². The highest BCUT2D eigenvalue weighted by molar-refractivity contribution is 4.97. The van der Waals surface area contributed by atoms with Gasteiger partial charge in [-0.2, -0.15) is 87.8 Å². The third kappa shape index (κ3) is 8.46. The van der Waals surface area contributed by atoms with Crippen molar-refractivity contribution in [1.29, 1.82) is 0 Å². The van der Waals surface area contributed by atoms with Gasteiger partial charge in [-0.05, 0) is 0 Å². The Morgan fingerprint density at radius 2 is 0.738 bits per heavy atom. The summed E-state index contributed by atoms with van der Waals surface area (Å²) in [6.07, 6.45) is -54.3. The van der Waals surface area contributed by atoms with E-state index in [-0.39, 0.29) is 7.11 Å². The second kappa shape index (κ2) is 12.3. The van der Waals surface area contributed by atoms with Gasteiger partial charge in [0, 0.05) is 7.11 Å². The SMILES string of the molecule is COC(COC(F)(F)C(F)OC(F)(F)C(F)(F)C(F)(F)F)COC(F)(F)C(F)OC(F)(F)C(F)(F)C(F)(F)C(F)(F)F. The zero-order valence-corrected chi connectivity index (χ0v) is 19.0. The first-order valence-corrected chi connectivity index (χ1v) is 9.37. The maximum atomic E-state index is 13.5. The second-order valence-corrected chi connectivity index (χ2v) is 7.22. The molecule has 0 aliphatic heterocycles. The van der Waals surface area contributed by atoms with Crippen molar-refractivity contribution >= 4 is 0 Å². The number of ether oxygens (including phenoxy) is 5. The smallest absolute Gasteiger partial charge is 0.377 e. The van der Waals surface area contributed by atoms with Crippen LogP contribution in [0.2, 0.25) is 0 Å². The number of hydrogen-bond acceptors (Lipinski definition) is 5. The van der Waals surface area contributed by atoms with Crippen molar-refractivity contribution in [3.63, 3.8) is 0 Å². The third-order valence-electron chi connectivity index (χ3n) is 4.13. The fraction of sp³-hybridized carbons (Fsp3) is 1.00. The summed E-state index contributed by atoms with van der Waals surface area (Å²) in [5, 5.41) is 0.